The van der Waals surface area contributed by atoms with Crippen LogP contribution in [0.5, 0.6) is 0 Å². The molecule has 0 aliphatic carbocycles. The summed E-state index contributed by atoms with van der Waals surface area (Å²) in [6.45, 7) is 40.5. The number of fused-ring (bicyclic) bond motifs is 12. The number of rotatable bonds is 6. The van der Waals surface area contributed by atoms with Crippen molar-refractivity contribution in [2.24, 2.45) is 0 Å². The summed E-state index contributed by atoms with van der Waals surface area (Å²) in [4.78, 5) is 42.2. The Hall–Kier alpha value is -9.48. The van der Waals surface area contributed by atoms with E-state index in [-0.39, 0.29) is 32.5 Å². The highest BCUT2D eigenvalue weighted by Crippen LogP contribution is 2.46. The standard InChI is InChI=1S/C80H83N11/c1-75(2,3)51-31-19-45(20-32-51)61-63(47-23-35-53(36-24-47)77(7,8)9)71-84-69(61)82-67-57-43-59-60(90-91-89-59)44-58(57)68(81-67)83-70-62(46-21-33-52(34-22-46)76(4,5)6)64(48-25-37-54(38-26-48)78(10,11)12)72(85-70)87-74-66(50-29-41-56(42-30-50)80(16,17)18)65(73(86-71)88-74)49-27-39-55(40-28-49)79(13,14)15/h19-44H,1-18H3,(H,89,90,91)(H2,81,82,83,84,85,86,87,88). The zero-order valence-corrected chi connectivity index (χ0v) is 56.1. The Morgan fingerprint density at radius 2 is 0.505 bits per heavy atom. The normalized spacial score (nSPS) is 13.7. The van der Waals surface area contributed by atoms with E-state index in [4.69, 9.17) is 29.9 Å². The molecule has 0 unspecified atom stereocenters. The molecule has 0 amide bonds. The lowest BCUT2D eigenvalue weighted by Gasteiger charge is -2.20. The summed E-state index contributed by atoms with van der Waals surface area (Å²) in [5, 5.41) is 13.5. The summed E-state index contributed by atoms with van der Waals surface area (Å²) in [6.07, 6.45) is 0. The summed E-state index contributed by atoms with van der Waals surface area (Å²) in [5.41, 5.74) is 21.3. The molecule has 4 aromatic heterocycles. The summed E-state index contributed by atoms with van der Waals surface area (Å²) < 4.78 is 0. The second-order valence-corrected chi connectivity index (χ2v) is 31.1. The second kappa shape index (κ2) is 21.6. The van der Waals surface area contributed by atoms with Crippen molar-refractivity contribution in [3.8, 4) is 22.3 Å². The van der Waals surface area contributed by atoms with Crippen LogP contribution < -0.4 is 0 Å². The maximum atomic E-state index is 5.90. The van der Waals surface area contributed by atoms with E-state index in [1.165, 1.54) is 33.4 Å². The summed E-state index contributed by atoms with van der Waals surface area (Å²) in [7, 11) is 0. The van der Waals surface area contributed by atoms with Crippen molar-refractivity contribution in [2.75, 3.05) is 0 Å². The quantitative estimate of drug-likeness (QED) is 0.149. The van der Waals surface area contributed by atoms with Crippen LogP contribution in [0.2, 0.25) is 0 Å². The molecule has 8 bridgehead atoms. The van der Waals surface area contributed by atoms with Crippen LogP contribution in [0.1, 0.15) is 204 Å². The Kier molecular flexibility index (Phi) is 14.3. The van der Waals surface area contributed by atoms with Gasteiger partial charge in [-0.1, -0.05) is 275 Å². The molecular weight excluding hydrogens is 1110 g/mol. The van der Waals surface area contributed by atoms with Gasteiger partial charge in [-0.25, -0.2) is 29.9 Å². The van der Waals surface area contributed by atoms with Gasteiger partial charge < -0.3 is 9.97 Å². The minimum atomic E-state index is -0.0949. The van der Waals surface area contributed by atoms with Gasteiger partial charge in [-0.15, -0.1) is 5.10 Å². The maximum Gasteiger partial charge on any atom is 0.165 e. The first-order valence-corrected chi connectivity index (χ1v) is 31.9. The zero-order valence-electron chi connectivity index (χ0n) is 56.1. The number of aromatic amines is 3. The third-order valence-electron chi connectivity index (χ3n) is 18.1. The van der Waals surface area contributed by atoms with Crippen LogP contribution in [-0.4, -0.2) is 55.3 Å². The van der Waals surface area contributed by atoms with E-state index < -0.39 is 0 Å². The monoisotopic (exact) mass is 1200 g/mol. The maximum absolute atomic E-state index is 5.90. The Morgan fingerprint density at radius 3 is 0.780 bits per heavy atom. The van der Waals surface area contributed by atoms with Gasteiger partial charge in [-0.3, -0.25) is 5.10 Å². The Bertz CT molecular complexity index is 4590. The molecule has 0 spiro atoms. The van der Waals surface area contributed by atoms with E-state index >= 15 is 0 Å². The van der Waals surface area contributed by atoms with E-state index in [1.807, 2.05) is 12.1 Å². The molecule has 458 valence electrons. The van der Waals surface area contributed by atoms with Crippen LogP contribution in [0.15, 0.2) is 158 Å². The lowest BCUT2D eigenvalue weighted by atomic mass is 9.84. The van der Waals surface area contributed by atoms with Crippen molar-refractivity contribution >= 4 is 66.7 Å². The summed E-state index contributed by atoms with van der Waals surface area (Å²) >= 11 is 0. The van der Waals surface area contributed by atoms with Crippen molar-refractivity contribution in [2.45, 2.75) is 157 Å². The van der Waals surface area contributed by atoms with Crippen molar-refractivity contribution in [3.63, 3.8) is 0 Å². The molecule has 11 nitrogen and oxygen atoms in total. The van der Waals surface area contributed by atoms with E-state index in [0.29, 0.717) is 51.4 Å². The number of nitrogens with one attached hydrogen (secondary N) is 3. The van der Waals surface area contributed by atoms with Crippen molar-refractivity contribution in [1.29, 1.82) is 0 Å². The van der Waals surface area contributed by atoms with Crippen molar-refractivity contribution < 1.29 is 0 Å². The predicted molar refractivity (Wildman–Crippen MR) is 376 cm³/mol. The molecule has 11 heteroatoms. The molecule has 91 heavy (non-hydrogen) atoms. The third-order valence-corrected chi connectivity index (χ3v) is 18.1. The molecular formula is C80H83N11. The van der Waals surface area contributed by atoms with Gasteiger partial charge in [0.25, 0.3) is 0 Å². The highest BCUT2D eigenvalue weighted by Gasteiger charge is 2.32. The van der Waals surface area contributed by atoms with Crippen LogP contribution in [0.3, 0.4) is 0 Å². The first-order valence-electron chi connectivity index (χ1n) is 31.9. The van der Waals surface area contributed by atoms with Crippen LogP contribution >= 0.6 is 0 Å². The average molecular weight is 1200 g/mol. The molecule has 0 saturated carbocycles. The SMILES string of the molecule is CC(C)(C)c1ccc(C2=C(c3ccc(C(C)(C)C)cc3)c3nc2nc2[nH]c(nc4nc(nc5[nH]c(n3)c3cc6nn[nH]c6cc53)C(c3ccc(C(C)(C)C)cc3)=C4c3ccc(C(C)(C)C)cc3)c(-c3ccc(C(C)(C)C)cc3)c2-c2ccc(C(C)(C)C)cc2)cc1. The van der Waals surface area contributed by atoms with Gasteiger partial charge in [0.15, 0.2) is 23.3 Å². The van der Waals surface area contributed by atoms with Gasteiger partial charge >= 0.3 is 0 Å². The topological polar surface area (TPSA) is 150 Å². The largest absolute Gasteiger partial charge is 0.324 e. The highest BCUT2D eigenvalue weighted by molar-refractivity contribution is 6.12. The molecule has 2 aliphatic heterocycles. The Morgan fingerprint density at radius 1 is 0.264 bits per heavy atom. The average Bonchev–Trinajstić information content (AvgIpc) is 1.67. The van der Waals surface area contributed by atoms with E-state index in [9.17, 15) is 0 Å². The molecule has 2 aliphatic rings. The third kappa shape index (κ3) is 11.4. The summed E-state index contributed by atoms with van der Waals surface area (Å²) in [5.74, 6) is 1.96. The molecule has 0 saturated heterocycles. The first-order chi connectivity index (χ1) is 42.8. The predicted octanol–water partition coefficient (Wildman–Crippen LogP) is 19.5. The van der Waals surface area contributed by atoms with Gasteiger partial charge in [0.1, 0.15) is 28.1 Å². The fourth-order valence-corrected chi connectivity index (χ4v) is 12.4. The second-order valence-electron chi connectivity index (χ2n) is 31.1. The molecule has 0 radical (unpaired) electrons. The number of hydrogen-bond donors (Lipinski definition) is 3. The molecule has 3 N–H and O–H groups in total. The van der Waals surface area contributed by atoms with Crippen LogP contribution in [-0.2, 0) is 32.5 Å². The lowest BCUT2D eigenvalue weighted by molar-refractivity contribution is 0.590. The number of H-pyrrole nitrogens is 3. The van der Waals surface area contributed by atoms with E-state index in [2.05, 4.69) is 296 Å². The van der Waals surface area contributed by atoms with Crippen molar-refractivity contribution in [3.05, 3.63) is 237 Å². The molecule has 6 heterocycles. The first kappa shape index (κ1) is 60.4. The molecule has 0 fully saturated rings. The Balaban J connectivity index is 1.25. The smallest absolute Gasteiger partial charge is 0.165 e. The molecule has 7 aromatic carbocycles. The summed E-state index contributed by atoms with van der Waals surface area (Å²) in [6, 6.07) is 57.5. The van der Waals surface area contributed by atoms with E-state index in [0.717, 1.165) is 83.1 Å². The van der Waals surface area contributed by atoms with Gasteiger partial charge in [-0.05, 0) is 111 Å². The minimum absolute atomic E-state index is 0.0883. The molecule has 11 aromatic rings. The number of nitrogens with zero attached hydrogens (tertiary/aromatic N) is 8. The zero-order chi connectivity index (χ0) is 64.5. The minimum Gasteiger partial charge on any atom is -0.324 e. The van der Waals surface area contributed by atoms with Gasteiger partial charge in [0.05, 0.1) is 5.52 Å². The van der Waals surface area contributed by atoms with Gasteiger partial charge in [0, 0.05) is 44.2 Å². The van der Waals surface area contributed by atoms with Gasteiger partial charge in [0.2, 0.25) is 0 Å². The fraction of sp³-hybridized carbons (Fsp3) is 0.300. The van der Waals surface area contributed by atoms with Crippen LogP contribution in [0.25, 0.3) is 88.9 Å². The van der Waals surface area contributed by atoms with Crippen LogP contribution in [0, 0.1) is 0 Å². The van der Waals surface area contributed by atoms with Gasteiger partial charge in [-0.2, -0.15) is 0 Å². The van der Waals surface area contributed by atoms with Crippen molar-refractivity contribution in [1.82, 2.24) is 55.3 Å². The fourth-order valence-electron chi connectivity index (χ4n) is 12.4. The number of aromatic nitrogens is 11. The molecule has 0 atom stereocenters. The highest BCUT2D eigenvalue weighted by atomic mass is 15.3. The number of hydrogen-bond acceptors (Lipinski definition) is 8. The van der Waals surface area contributed by atoms with E-state index in [1.54, 1.807) is 0 Å². The Labute approximate surface area is 535 Å². The van der Waals surface area contributed by atoms with Crippen LogP contribution in [0.4, 0.5) is 0 Å². The molecule has 13 rings (SSSR count). The lowest BCUT2D eigenvalue weighted by Crippen LogP contribution is -2.11. The number of benzene rings is 7.